The lowest BCUT2D eigenvalue weighted by atomic mass is 9.72. The van der Waals surface area contributed by atoms with Gasteiger partial charge in [-0.05, 0) is 76.5 Å². The fourth-order valence-electron chi connectivity index (χ4n) is 5.37. The minimum absolute atomic E-state index is 0.102. The molecule has 0 fully saturated rings. The molecule has 2 N–H and O–H groups in total. The summed E-state index contributed by atoms with van der Waals surface area (Å²) in [6.45, 7) is 30.1. The lowest BCUT2D eigenvalue weighted by Gasteiger charge is -2.34. The number of hydrogen-bond acceptors (Lipinski definition) is 5. The summed E-state index contributed by atoms with van der Waals surface area (Å²) in [5.41, 5.74) is 3.76. The minimum Gasteiger partial charge on any atom is -0.496 e. The summed E-state index contributed by atoms with van der Waals surface area (Å²) in [5.74, 6) is -2.41. The first kappa shape index (κ1) is 37.1. The van der Waals surface area contributed by atoms with Crippen LogP contribution in [0.5, 0.6) is 5.75 Å². The third-order valence-electron chi connectivity index (χ3n) is 7.40. The van der Waals surface area contributed by atoms with E-state index in [4.69, 9.17) is 4.74 Å². The number of benzene rings is 2. The number of carboxylic acid groups (broad SMARTS) is 2. The Balaban J connectivity index is 2.76. The molecule has 2 aromatic rings. The van der Waals surface area contributed by atoms with Gasteiger partial charge in [-0.15, -0.1) is 23.5 Å². The third kappa shape index (κ3) is 9.43. The molecule has 240 valence electrons. The van der Waals surface area contributed by atoms with Crippen molar-refractivity contribution < 1.29 is 24.5 Å². The molecule has 43 heavy (non-hydrogen) atoms. The first-order valence-electron chi connectivity index (χ1n) is 14.9. The maximum atomic E-state index is 12.5. The molecular weight excluding hydrogens is 577 g/mol. The van der Waals surface area contributed by atoms with Gasteiger partial charge >= 0.3 is 11.9 Å². The molecule has 1 atom stereocenters. The molecule has 0 saturated carbocycles. The molecule has 0 aliphatic heterocycles. The summed E-state index contributed by atoms with van der Waals surface area (Å²) in [7, 11) is 1.75. The molecule has 5 nitrogen and oxygen atoms in total. The van der Waals surface area contributed by atoms with Crippen molar-refractivity contribution in [2.75, 3.05) is 7.11 Å². The first-order valence-corrected chi connectivity index (χ1v) is 16.6. The minimum atomic E-state index is -1.13. The van der Waals surface area contributed by atoms with Crippen molar-refractivity contribution in [3.05, 3.63) is 52.1 Å². The highest BCUT2D eigenvalue weighted by atomic mass is 32.2. The Labute approximate surface area is 269 Å². The average molecular weight is 631 g/mol. The molecule has 7 heteroatoms. The van der Waals surface area contributed by atoms with Crippen LogP contribution < -0.4 is 4.74 Å². The standard InChI is InChI=1S/C36H54O5S2/c1-32(2,3)24-16-21(17-25(33(4,5)6)29(24)23(31(39)40)20-28(37)38)42-36(13,14)43-22-18-26(34(7,8)9)30(41-15)27(19-22)35(10,11)12/h16-19,23H,20H2,1-15H3,(H,37,38)(H,39,40). The lowest BCUT2D eigenvalue weighted by molar-refractivity contribution is -0.145. The molecule has 0 amide bonds. The van der Waals surface area contributed by atoms with Crippen molar-refractivity contribution in [1.82, 2.24) is 0 Å². The van der Waals surface area contributed by atoms with Gasteiger partial charge in [0.15, 0.2) is 0 Å². The highest BCUT2D eigenvalue weighted by molar-refractivity contribution is 8.18. The van der Waals surface area contributed by atoms with Crippen molar-refractivity contribution in [3.63, 3.8) is 0 Å². The van der Waals surface area contributed by atoms with Gasteiger partial charge in [-0.25, -0.2) is 0 Å². The van der Waals surface area contributed by atoms with E-state index in [1.165, 1.54) is 16.0 Å². The van der Waals surface area contributed by atoms with E-state index >= 15 is 0 Å². The van der Waals surface area contributed by atoms with Crippen LogP contribution in [0, 0.1) is 0 Å². The van der Waals surface area contributed by atoms with Crippen LogP contribution >= 0.6 is 23.5 Å². The molecule has 0 bridgehead atoms. The van der Waals surface area contributed by atoms with Gasteiger partial charge in [0.25, 0.3) is 0 Å². The van der Waals surface area contributed by atoms with Gasteiger partial charge < -0.3 is 14.9 Å². The molecule has 0 radical (unpaired) electrons. The van der Waals surface area contributed by atoms with Crippen molar-refractivity contribution in [3.8, 4) is 5.75 Å². The Morgan fingerprint density at radius 1 is 0.651 bits per heavy atom. The van der Waals surface area contributed by atoms with Crippen LogP contribution in [0.4, 0.5) is 0 Å². The summed E-state index contributed by atoms with van der Waals surface area (Å²) in [5, 5.41) is 19.8. The normalized spacial score (nSPS) is 14.0. The maximum Gasteiger partial charge on any atom is 0.311 e. The largest absolute Gasteiger partial charge is 0.496 e. The highest BCUT2D eigenvalue weighted by Crippen LogP contribution is 2.51. The van der Waals surface area contributed by atoms with Crippen LogP contribution in [-0.2, 0) is 31.2 Å². The second-order valence-corrected chi connectivity index (χ2v) is 19.7. The summed E-state index contributed by atoms with van der Waals surface area (Å²) in [6.07, 6.45) is -0.459. The second kappa shape index (κ2) is 12.7. The molecule has 0 spiro atoms. The van der Waals surface area contributed by atoms with Gasteiger partial charge in [0.05, 0.1) is 23.5 Å². The van der Waals surface area contributed by atoms with Crippen LogP contribution in [0.2, 0.25) is 0 Å². The van der Waals surface area contributed by atoms with Gasteiger partial charge in [-0.3, -0.25) is 9.59 Å². The SMILES string of the molecule is COc1c(C(C)(C)C)cc(SC(C)(C)Sc2cc(C(C)(C)C)c(C(CC(=O)O)C(=O)O)c(C(C)(C)C)c2)cc1C(C)(C)C. The Morgan fingerprint density at radius 3 is 1.23 bits per heavy atom. The van der Waals surface area contributed by atoms with Crippen LogP contribution in [0.15, 0.2) is 34.1 Å². The number of rotatable bonds is 9. The summed E-state index contributed by atoms with van der Waals surface area (Å²) in [6, 6.07) is 8.69. The van der Waals surface area contributed by atoms with Crippen LogP contribution in [-0.4, -0.2) is 33.3 Å². The maximum absolute atomic E-state index is 12.5. The molecule has 0 aliphatic carbocycles. The third-order valence-corrected chi connectivity index (χ3v) is 9.83. The van der Waals surface area contributed by atoms with Crippen LogP contribution in [0.1, 0.15) is 137 Å². The number of hydrogen-bond donors (Lipinski definition) is 2. The predicted octanol–water partition coefficient (Wildman–Crippen LogP) is 10.1. The zero-order valence-electron chi connectivity index (χ0n) is 29.0. The monoisotopic (exact) mass is 630 g/mol. The summed E-state index contributed by atoms with van der Waals surface area (Å²) < 4.78 is 5.70. The van der Waals surface area contributed by atoms with Gasteiger partial charge in [0.1, 0.15) is 5.75 Å². The quantitative estimate of drug-likeness (QED) is 0.211. The number of thioether (sulfide) groups is 2. The molecule has 2 aromatic carbocycles. The number of methoxy groups -OCH3 is 1. The molecule has 1 unspecified atom stereocenters. The van der Waals surface area contributed by atoms with Crippen LogP contribution in [0.25, 0.3) is 0 Å². The van der Waals surface area contributed by atoms with E-state index in [-0.39, 0.29) is 14.9 Å². The zero-order valence-corrected chi connectivity index (χ0v) is 30.7. The Kier molecular flexibility index (Phi) is 11.0. The number of carbonyl (C=O) groups is 2. The van der Waals surface area contributed by atoms with E-state index in [1.54, 1.807) is 30.6 Å². The Hall–Kier alpha value is -2.12. The molecule has 0 aliphatic rings. The van der Waals surface area contributed by atoms with E-state index < -0.39 is 35.1 Å². The predicted molar refractivity (Wildman–Crippen MR) is 183 cm³/mol. The second-order valence-electron chi connectivity index (χ2n) is 16.1. The average Bonchev–Trinajstić information content (AvgIpc) is 2.78. The van der Waals surface area contributed by atoms with Crippen molar-refractivity contribution in [1.29, 1.82) is 0 Å². The van der Waals surface area contributed by atoms with Gasteiger partial charge in [-0.1, -0.05) is 83.1 Å². The van der Waals surface area contributed by atoms with Crippen molar-refractivity contribution >= 4 is 35.5 Å². The topological polar surface area (TPSA) is 83.8 Å². The van der Waals surface area contributed by atoms with Gasteiger partial charge in [-0.2, -0.15) is 0 Å². The summed E-state index contributed by atoms with van der Waals surface area (Å²) >= 11 is 3.56. The lowest BCUT2D eigenvalue weighted by Crippen LogP contribution is -2.27. The number of carboxylic acids is 2. The fraction of sp³-hybridized carbons (Fsp3) is 0.611. The van der Waals surface area contributed by atoms with Gasteiger partial charge in [0, 0.05) is 20.9 Å². The first-order chi connectivity index (χ1) is 19.2. The molecular formula is C36H54O5S2. The molecule has 0 aromatic heterocycles. The zero-order chi connectivity index (χ0) is 33.5. The van der Waals surface area contributed by atoms with E-state index in [0.29, 0.717) is 5.56 Å². The van der Waals surface area contributed by atoms with E-state index in [2.05, 4.69) is 121 Å². The van der Waals surface area contributed by atoms with E-state index in [1.807, 2.05) is 0 Å². The van der Waals surface area contributed by atoms with E-state index in [0.717, 1.165) is 21.8 Å². The highest BCUT2D eigenvalue weighted by Gasteiger charge is 2.36. The Morgan fingerprint density at radius 2 is 0.977 bits per heavy atom. The number of ether oxygens (including phenoxy) is 1. The van der Waals surface area contributed by atoms with Crippen molar-refractivity contribution in [2.24, 2.45) is 0 Å². The molecule has 2 rings (SSSR count). The smallest absolute Gasteiger partial charge is 0.311 e. The van der Waals surface area contributed by atoms with Gasteiger partial charge in [0.2, 0.25) is 0 Å². The Bertz CT molecular complexity index is 1280. The van der Waals surface area contributed by atoms with Crippen LogP contribution in [0.3, 0.4) is 0 Å². The van der Waals surface area contributed by atoms with E-state index in [9.17, 15) is 19.8 Å². The fourth-order valence-corrected chi connectivity index (χ4v) is 7.96. The molecule has 0 heterocycles. The van der Waals surface area contributed by atoms with Crippen molar-refractivity contribution in [2.45, 2.75) is 145 Å². The molecule has 0 saturated heterocycles. The number of aliphatic carboxylic acids is 2. The summed E-state index contributed by atoms with van der Waals surface area (Å²) in [4.78, 5) is 26.5.